The third-order valence-corrected chi connectivity index (χ3v) is 3.65. The first kappa shape index (κ1) is 13.8. The summed E-state index contributed by atoms with van der Waals surface area (Å²) in [7, 11) is 0. The van der Waals surface area contributed by atoms with Crippen LogP contribution in [0, 0.1) is 5.82 Å². The van der Waals surface area contributed by atoms with Crippen molar-refractivity contribution in [3.63, 3.8) is 0 Å². The van der Waals surface area contributed by atoms with Gasteiger partial charge in [-0.1, -0.05) is 22.0 Å². The Labute approximate surface area is 129 Å². The van der Waals surface area contributed by atoms with Gasteiger partial charge in [-0.3, -0.25) is 14.8 Å². The van der Waals surface area contributed by atoms with Crippen molar-refractivity contribution in [3.8, 4) is 0 Å². The average molecular weight is 345 g/mol. The van der Waals surface area contributed by atoms with Gasteiger partial charge in [-0.25, -0.2) is 4.39 Å². The maximum absolute atomic E-state index is 13.8. The van der Waals surface area contributed by atoms with Crippen LogP contribution in [0.4, 0.5) is 4.39 Å². The molecule has 0 aliphatic rings. The lowest BCUT2D eigenvalue weighted by Crippen LogP contribution is -2.05. The summed E-state index contributed by atoms with van der Waals surface area (Å²) in [5.41, 5.74) is 2.26. The van der Waals surface area contributed by atoms with Crippen LogP contribution in [0.1, 0.15) is 15.9 Å². The molecule has 3 aromatic rings. The summed E-state index contributed by atoms with van der Waals surface area (Å²) in [5, 5.41) is 0. The van der Waals surface area contributed by atoms with Crippen LogP contribution in [0.5, 0.6) is 0 Å². The fraction of sp³-hybridized carbons (Fsp3) is 0.0625. The molecule has 1 aromatic heterocycles. The van der Waals surface area contributed by atoms with Crippen LogP contribution in [0.15, 0.2) is 53.3 Å². The monoisotopic (exact) mass is 344 g/mol. The van der Waals surface area contributed by atoms with Crippen LogP contribution in [0.25, 0.3) is 11.0 Å². The number of hydrogen-bond acceptors (Lipinski definition) is 3. The highest BCUT2D eigenvalue weighted by Crippen LogP contribution is 2.18. The highest BCUT2D eigenvalue weighted by molar-refractivity contribution is 9.10. The number of aromatic nitrogens is 2. The molecule has 0 aliphatic heterocycles. The maximum Gasteiger partial charge on any atom is 0.167 e. The molecule has 2 aromatic carbocycles. The molecule has 0 fully saturated rings. The van der Waals surface area contributed by atoms with Gasteiger partial charge in [0.05, 0.1) is 11.0 Å². The van der Waals surface area contributed by atoms with E-state index in [1.807, 2.05) is 0 Å². The molecular weight excluding hydrogens is 335 g/mol. The molecule has 21 heavy (non-hydrogen) atoms. The topological polar surface area (TPSA) is 42.9 Å². The van der Waals surface area contributed by atoms with Gasteiger partial charge in [0.2, 0.25) is 0 Å². The number of halogens is 2. The Morgan fingerprint density at radius 1 is 1.05 bits per heavy atom. The Balaban J connectivity index is 1.89. The molecule has 0 unspecified atom stereocenters. The zero-order valence-electron chi connectivity index (χ0n) is 10.9. The van der Waals surface area contributed by atoms with E-state index in [1.165, 1.54) is 6.07 Å². The van der Waals surface area contributed by atoms with E-state index in [0.717, 1.165) is 5.52 Å². The number of carbonyl (C=O) groups is 1. The smallest absolute Gasteiger partial charge is 0.167 e. The predicted octanol–water partition coefficient (Wildman–Crippen LogP) is 3.96. The summed E-state index contributed by atoms with van der Waals surface area (Å²) in [6.07, 6.45) is 3.19. The van der Waals surface area contributed by atoms with E-state index >= 15 is 0 Å². The molecule has 0 radical (unpaired) electrons. The van der Waals surface area contributed by atoms with Crippen molar-refractivity contribution >= 4 is 32.7 Å². The van der Waals surface area contributed by atoms with Gasteiger partial charge in [-0.2, -0.15) is 0 Å². The average Bonchev–Trinajstić information content (AvgIpc) is 2.49. The lowest BCUT2D eigenvalue weighted by Gasteiger charge is -2.04. The number of rotatable bonds is 3. The summed E-state index contributed by atoms with van der Waals surface area (Å²) in [5.74, 6) is -0.540. The van der Waals surface area contributed by atoms with E-state index < -0.39 is 5.82 Å². The number of carbonyl (C=O) groups excluding carboxylic acids is 1. The molecule has 104 valence electrons. The number of benzene rings is 2. The molecule has 0 bridgehead atoms. The minimum absolute atomic E-state index is 0.0187. The van der Waals surface area contributed by atoms with Crippen molar-refractivity contribution < 1.29 is 9.18 Å². The van der Waals surface area contributed by atoms with Crippen LogP contribution < -0.4 is 0 Å². The molecule has 0 spiro atoms. The molecule has 0 atom stereocenters. The van der Waals surface area contributed by atoms with E-state index in [0.29, 0.717) is 21.1 Å². The second-order valence-corrected chi connectivity index (χ2v) is 5.51. The van der Waals surface area contributed by atoms with Crippen LogP contribution in [-0.2, 0) is 6.42 Å². The quantitative estimate of drug-likeness (QED) is 0.675. The lowest BCUT2D eigenvalue weighted by molar-refractivity contribution is 0.0992. The summed E-state index contributed by atoms with van der Waals surface area (Å²) in [4.78, 5) is 20.6. The van der Waals surface area contributed by atoms with Gasteiger partial charge in [0.1, 0.15) is 5.82 Å². The van der Waals surface area contributed by atoms with E-state index in [-0.39, 0.29) is 12.2 Å². The number of nitrogens with zero attached hydrogens (tertiary/aromatic N) is 2. The van der Waals surface area contributed by atoms with E-state index in [2.05, 4.69) is 25.9 Å². The molecule has 0 saturated carbocycles. The Morgan fingerprint density at radius 3 is 2.57 bits per heavy atom. The largest absolute Gasteiger partial charge is 0.294 e. The summed E-state index contributed by atoms with van der Waals surface area (Å²) < 4.78 is 14.4. The number of fused-ring (bicyclic) bond motifs is 1. The van der Waals surface area contributed by atoms with Crippen molar-refractivity contribution in [1.82, 2.24) is 9.97 Å². The maximum atomic E-state index is 13.8. The van der Waals surface area contributed by atoms with Crippen LogP contribution in [0.3, 0.4) is 0 Å². The fourth-order valence-corrected chi connectivity index (χ4v) is 2.41. The Bertz CT molecular complexity index is 835. The molecule has 3 rings (SSSR count). The van der Waals surface area contributed by atoms with Crippen LogP contribution >= 0.6 is 15.9 Å². The summed E-state index contributed by atoms with van der Waals surface area (Å²) in [6.45, 7) is 0. The molecule has 0 N–H and O–H groups in total. The van der Waals surface area contributed by atoms with Gasteiger partial charge in [-0.05, 0) is 35.9 Å². The molecule has 0 amide bonds. The fourth-order valence-electron chi connectivity index (χ4n) is 2.08. The van der Waals surface area contributed by atoms with Crippen molar-refractivity contribution in [2.75, 3.05) is 0 Å². The second-order valence-electron chi connectivity index (χ2n) is 4.60. The summed E-state index contributed by atoms with van der Waals surface area (Å²) >= 11 is 3.19. The first-order valence-corrected chi connectivity index (χ1v) is 7.11. The zero-order chi connectivity index (χ0) is 14.8. The Morgan fingerprint density at radius 2 is 1.81 bits per heavy atom. The standard InChI is InChI=1S/C16H10BrFN2O/c17-12-3-1-10(13(18)9-12)8-16(21)11-2-4-14-15(7-11)20-6-5-19-14/h1-7,9H,8H2. The minimum atomic E-state index is -0.390. The number of Topliss-reactive ketones (excluding diaryl/α,β-unsaturated/α-hetero) is 1. The minimum Gasteiger partial charge on any atom is -0.294 e. The zero-order valence-corrected chi connectivity index (χ0v) is 12.5. The van der Waals surface area contributed by atoms with Crippen molar-refractivity contribution in [2.45, 2.75) is 6.42 Å². The number of hydrogen-bond donors (Lipinski definition) is 0. The van der Waals surface area contributed by atoms with E-state index in [9.17, 15) is 9.18 Å². The molecule has 0 aliphatic carbocycles. The predicted molar refractivity (Wildman–Crippen MR) is 81.7 cm³/mol. The van der Waals surface area contributed by atoms with E-state index in [1.54, 1.807) is 42.7 Å². The van der Waals surface area contributed by atoms with Crippen molar-refractivity contribution in [3.05, 3.63) is 70.2 Å². The normalized spacial score (nSPS) is 10.8. The third-order valence-electron chi connectivity index (χ3n) is 3.16. The van der Waals surface area contributed by atoms with Gasteiger partial charge in [0, 0.05) is 28.9 Å². The first-order chi connectivity index (χ1) is 10.1. The van der Waals surface area contributed by atoms with Gasteiger partial charge >= 0.3 is 0 Å². The van der Waals surface area contributed by atoms with Gasteiger partial charge in [0.25, 0.3) is 0 Å². The van der Waals surface area contributed by atoms with Crippen molar-refractivity contribution in [1.29, 1.82) is 0 Å². The Hall–Kier alpha value is -2.14. The first-order valence-electron chi connectivity index (χ1n) is 6.31. The lowest BCUT2D eigenvalue weighted by atomic mass is 10.0. The van der Waals surface area contributed by atoms with Crippen LogP contribution in [-0.4, -0.2) is 15.8 Å². The van der Waals surface area contributed by atoms with Gasteiger partial charge in [0.15, 0.2) is 5.78 Å². The second kappa shape index (κ2) is 5.69. The van der Waals surface area contributed by atoms with E-state index in [4.69, 9.17) is 0 Å². The van der Waals surface area contributed by atoms with Crippen molar-refractivity contribution in [2.24, 2.45) is 0 Å². The highest BCUT2D eigenvalue weighted by atomic mass is 79.9. The SMILES string of the molecule is O=C(Cc1ccc(Br)cc1F)c1ccc2nccnc2c1. The molecule has 5 heteroatoms. The molecule has 3 nitrogen and oxygen atoms in total. The highest BCUT2D eigenvalue weighted by Gasteiger charge is 2.12. The molecular formula is C16H10BrFN2O. The van der Waals surface area contributed by atoms with Gasteiger partial charge in [-0.15, -0.1) is 0 Å². The molecule has 1 heterocycles. The molecule has 0 saturated heterocycles. The van der Waals surface area contributed by atoms with Crippen LogP contribution in [0.2, 0.25) is 0 Å². The Kier molecular flexibility index (Phi) is 3.75. The third kappa shape index (κ3) is 2.97. The summed E-state index contributed by atoms with van der Waals surface area (Å²) in [6, 6.07) is 9.80. The number of ketones is 1. The van der Waals surface area contributed by atoms with Gasteiger partial charge < -0.3 is 0 Å².